The van der Waals surface area contributed by atoms with Crippen LogP contribution in [0.1, 0.15) is 64.2 Å². The van der Waals surface area contributed by atoms with E-state index >= 15 is 0 Å². The highest BCUT2D eigenvalue weighted by molar-refractivity contribution is 7.99. The van der Waals surface area contributed by atoms with E-state index in [0.29, 0.717) is 18.0 Å². The summed E-state index contributed by atoms with van der Waals surface area (Å²) in [6.45, 7) is 6.41. The second-order valence-corrected chi connectivity index (χ2v) is 7.97. The van der Waals surface area contributed by atoms with Gasteiger partial charge in [-0.2, -0.15) is 0 Å². The topological polar surface area (TPSA) is 63.0 Å². The summed E-state index contributed by atoms with van der Waals surface area (Å²) in [4.78, 5) is 0. The van der Waals surface area contributed by atoms with Gasteiger partial charge in [-0.25, -0.2) is 0 Å². The summed E-state index contributed by atoms with van der Waals surface area (Å²) in [6, 6.07) is 0.975. The molecule has 1 atom stereocenters. The Morgan fingerprint density at radius 3 is 2.57 bits per heavy atom. The van der Waals surface area contributed by atoms with Crippen molar-refractivity contribution in [1.29, 1.82) is 0 Å². The maximum Gasteiger partial charge on any atom is 0.191 e. The Kier molecular flexibility index (Phi) is 4.30. The molecule has 2 aliphatic carbocycles. The second kappa shape index (κ2) is 5.89. The van der Waals surface area contributed by atoms with Crippen molar-refractivity contribution in [2.75, 3.05) is 12.4 Å². The first-order valence-corrected chi connectivity index (χ1v) is 8.97. The number of thioether (sulfide) groups is 1. The zero-order chi connectivity index (χ0) is 15.0. The summed E-state index contributed by atoms with van der Waals surface area (Å²) in [7, 11) is 0. The van der Waals surface area contributed by atoms with E-state index in [2.05, 4.69) is 40.9 Å². The highest BCUT2D eigenvalue weighted by Gasteiger charge is 2.37. The van der Waals surface area contributed by atoms with Crippen LogP contribution in [-0.4, -0.2) is 43.8 Å². The molecule has 5 nitrogen and oxygen atoms in total. The Morgan fingerprint density at radius 1 is 1.33 bits per heavy atom. The molecule has 118 valence electrons. The Bertz CT molecular complexity index is 496. The van der Waals surface area contributed by atoms with Crippen molar-refractivity contribution >= 4 is 11.8 Å². The van der Waals surface area contributed by atoms with Crippen LogP contribution in [0, 0.1) is 0 Å². The molecule has 0 radical (unpaired) electrons. The van der Waals surface area contributed by atoms with Gasteiger partial charge < -0.3 is 15.0 Å². The van der Waals surface area contributed by atoms with Crippen LogP contribution >= 0.6 is 11.8 Å². The van der Waals surface area contributed by atoms with Crippen LogP contribution in [0.2, 0.25) is 0 Å². The van der Waals surface area contributed by atoms with Gasteiger partial charge in [-0.15, -0.1) is 10.2 Å². The lowest BCUT2D eigenvalue weighted by molar-refractivity contribution is 0.183. The van der Waals surface area contributed by atoms with Gasteiger partial charge in [0.25, 0.3) is 0 Å². The lowest BCUT2D eigenvalue weighted by Gasteiger charge is -2.30. The van der Waals surface area contributed by atoms with Crippen molar-refractivity contribution < 1.29 is 5.11 Å². The second-order valence-electron chi connectivity index (χ2n) is 7.02. The minimum Gasteiger partial charge on any atom is -0.394 e. The van der Waals surface area contributed by atoms with Crippen molar-refractivity contribution in [2.24, 2.45) is 0 Å². The lowest BCUT2D eigenvalue weighted by atomic mass is 10.1. The Morgan fingerprint density at radius 2 is 2.05 bits per heavy atom. The molecule has 1 aromatic heterocycles. The lowest BCUT2D eigenvalue weighted by Crippen LogP contribution is -2.51. The minimum atomic E-state index is -0.279. The number of aliphatic hydroxyl groups is 1. The van der Waals surface area contributed by atoms with Crippen molar-refractivity contribution in [2.45, 2.75) is 75.2 Å². The molecule has 0 aliphatic heterocycles. The molecule has 2 saturated carbocycles. The van der Waals surface area contributed by atoms with E-state index in [1.807, 2.05) is 0 Å². The van der Waals surface area contributed by atoms with E-state index in [0.717, 1.165) is 10.9 Å². The first-order valence-electron chi connectivity index (χ1n) is 7.98. The molecule has 0 aromatic carbocycles. The van der Waals surface area contributed by atoms with Gasteiger partial charge in [-0.3, -0.25) is 0 Å². The molecular formula is C15H26N4OS. The minimum absolute atomic E-state index is 0.130. The van der Waals surface area contributed by atoms with Crippen LogP contribution in [0.3, 0.4) is 0 Å². The number of hydrogen-bond donors (Lipinski definition) is 2. The molecule has 2 fully saturated rings. The molecular weight excluding hydrogens is 284 g/mol. The largest absolute Gasteiger partial charge is 0.394 e. The van der Waals surface area contributed by atoms with E-state index in [4.69, 9.17) is 0 Å². The van der Waals surface area contributed by atoms with Crippen LogP contribution in [0.25, 0.3) is 0 Å². The summed E-state index contributed by atoms with van der Waals surface area (Å²) in [5.74, 6) is 2.64. The van der Waals surface area contributed by atoms with E-state index in [1.54, 1.807) is 11.8 Å². The predicted octanol–water partition coefficient (Wildman–Crippen LogP) is 2.33. The maximum absolute atomic E-state index is 9.69. The van der Waals surface area contributed by atoms with Gasteiger partial charge in [0.2, 0.25) is 0 Å². The molecule has 0 spiro atoms. The Balaban J connectivity index is 1.70. The number of hydrogen-bond acceptors (Lipinski definition) is 5. The van der Waals surface area contributed by atoms with Gasteiger partial charge in [-0.05, 0) is 32.6 Å². The van der Waals surface area contributed by atoms with E-state index in [1.165, 1.54) is 31.5 Å². The molecule has 6 heteroatoms. The van der Waals surface area contributed by atoms with Gasteiger partial charge in [0.05, 0.1) is 6.61 Å². The van der Waals surface area contributed by atoms with Crippen molar-refractivity contribution in [1.82, 2.24) is 20.1 Å². The number of rotatable bonds is 8. The van der Waals surface area contributed by atoms with Crippen LogP contribution in [0.15, 0.2) is 5.16 Å². The third-order valence-electron chi connectivity index (χ3n) is 4.05. The van der Waals surface area contributed by atoms with Crippen LogP contribution in [0.5, 0.6) is 0 Å². The van der Waals surface area contributed by atoms with Gasteiger partial charge >= 0.3 is 0 Å². The SMILES string of the molecule is CC(C)NC(C)(CO)CSc1nnc(C2CC2)n1C1CC1. The summed E-state index contributed by atoms with van der Waals surface area (Å²) >= 11 is 1.72. The zero-order valence-electron chi connectivity index (χ0n) is 13.2. The smallest absolute Gasteiger partial charge is 0.191 e. The molecule has 2 N–H and O–H groups in total. The fraction of sp³-hybridized carbons (Fsp3) is 0.867. The Labute approximate surface area is 130 Å². The highest BCUT2D eigenvalue weighted by Crippen LogP contribution is 2.46. The molecule has 1 unspecified atom stereocenters. The van der Waals surface area contributed by atoms with Gasteiger partial charge in [-0.1, -0.05) is 25.6 Å². The summed E-state index contributed by atoms with van der Waals surface area (Å²) < 4.78 is 2.37. The summed E-state index contributed by atoms with van der Waals surface area (Å²) in [6.07, 6.45) is 5.04. The average molecular weight is 310 g/mol. The molecule has 2 aliphatic rings. The number of aliphatic hydroxyl groups excluding tert-OH is 1. The highest BCUT2D eigenvalue weighted by atomic mass is 32.2. The van der Waals surface area contributed by atoms with Gasteiger partial charge in [0.15, 0.2) is 5.16 Å². The molecule has 0 amide bonds. The van der Waals surface area contributed by atoms with Crippen LogP contribution in [0.4, 0.5) is 0 Å². The van der Waals surface area contributed by atoms with Crippen molar-refractivity contribution in [3.63, 3.8) is 0 Å². The molecule has 0 saturated heterocycles. The van der Waals surface area contributed by atoms with Crippen molar-refractivity contribution in [3.05, 3.63) is 5.82 Å². The third-order valence-corrected chi connectivity index (χ3v) is 5.37. The molecule has 0 bridgehead atoms. The van der Waals surface area contributed by atoms with E-state index in [-0.39, 0.29) is 12.1 Å². The molecule has 1 heterocycles. The van der Waals surface area contributed by atoms with Crippen molar-refractivity contribution in [3.8, 4) is 0 Å². The fourth-order valence-corrected chi connectivity index (χ4v) is 3.84. The van der Waals surface area contributed by atoms with Crippen LogP contribution in [-0.2, 0) is 0 Å². The van der Waals surface area contributed by atoms with Crippen LogP contribution < -0.4 is 5.32 Å². The number of nitrogens with one attached hydrogen (secondary N) is 1. The zero-order valence-corrected chi connectivity index (χ0v) is 14.0. The normalized spacial score (nSPS) is 21.8. The van der Waals surface area contributed by atoms with Gasteiger partial charge in [0.1, 0.15) is 5.82 Å². The first-order chi connectivity index (χ1) is 10.0. The quantitative estimate of drug-likeness (QED) is 0.722. The molecule has 21 heavy (non-hydrogen) atoms. The van der Waals surface area contributed by atoms with Gasteiger partial charge in [0, 0.05) is 29.3 Å². The first kappa shape index (κ1) is 15.3. The van der Waals surface area contributed by atoms with E-state index < -0.39 is 0 Å². The average Bonchev–Trinajstić information content (AvgIpc) is 3.34. The molecule has 1 aromatic rings. The fourth-order valence-electron chi connectivity index (χ4n) is 2.74. The maximum atomic E-state index is 9.69. The Hall–Kier alpha value is -0.590. The number of nitrogens with zero attached hydrogens (tertiary/aromatic N) is 3. The summed E-state index contributed by atoms with van der Waals surface area (Å²) in [5.41, 5.74) is -0.279. The standard InChI is InChI=1S/C15H26N4OS/c1-10(2)16-15(3,8-20)9-21-14-18-17-13(11-4-5-11)19(14)12-6-7-12/h10-12,16,20H,4-9H2,1-3H3. The summed E-state index contributed by atoms with van der Waals surface area (Å²) in [5, 5.41) is 23.0. The monoisotopic (exact) mass is 310 g/mol. The molecule has 3 rings (SSSR count). The van der Waals surface area contributed by atoms with E-state index in [9.17, 15) is 5.11 Å². The number of aromatic nitrogens is 3. The predicted molar refractivity (Wildman–Crippen MR) is 84.8 cm³/mol. The third kappa shape index (κ3) is 3.60.